The summed E-state index contributed by atoms with van der Waals surface area (Å²) in [6.07, 6.45) is 0. The number of hydrogen-bond donors (Lipinski definition) is 1. The molecule has 2 rings (SSSR count). The van der Waals surface area contributed by atoms with Gasteiger partial charge in [0.15, 0.2) is 0 Å². The molecule has 2 nitrogen and oxygen atoms in total. The monoisotopic (exact) mass is 248 g/mol. The normalized spacial score (nSPS) is 10.6. The zero-order valence-corrected chi connectivity index (χ0v) is 10.8. The Morgan fingerprint density at radius 3 is 2.59 bits per heavy atom. The van der Waals surface area contributed by atoms with Crippen LogP contribution >= 0.6 is 12.2 Å². The van der Waals surface area contributed by atoms with Crippen LogP contribution in [0.3, 0.4) is 0 Å². The van der Waals surface area contributed by atoms with Crippen molar-refractivity contribution in [2.24, 2.45) is 0 Å². The summed E-state index contributed by atoms with van der Waals surface area (Å²) in [6.45, 7) is 5.57. The fraction of sp³-hybridized carbons (Fsp3) is 0.231. The van der Waals surface area contributed by atoms with Gasteiger partial charge in [0.2, 0.25) is 0 Å². The SMILES string of the molecule is Cc1cc(-c2nc(C)c(C)[nH]c2=S)ccc1F. The van der Waals surface area contributed by atoms with Gasteiger partial charge in [0.1, 0.15) is 16.2 Å². The van der Waals surface area contributed by atoms with E-state index in [0.717, 1.165) is 17.0 Å². The topological polar surface area (TPSA) is 28.7 Å². The van der Waals surface area contributed by atoms with Crippen LogP contribution < -0.4 is 0 Å². The number of aromatic amines is 1. The quantitative estimate of drug-likeness (QED) is 0.776. The highest BCUT2D eigenvalue weighted by molar-refractivity contribution is 7.71. The second-order valence-electron chi connectivity index (χ2n) is 4.09. The molecule has 0 saturated heterocycles. The number of nitrogens with one attached hydrogen (secondary N) is 1. The van der Waals surface area contributed by atoms with Crippen LogP contribution in [0, 0.1) is 31.2 Å². The molecule has 0 atom stereocenters. The second kappa shape index (κ2) is 4.37. The number of aromatic nitrogens is 2. The lowest BCUT2D eigenvalue weighted by atomic mass is 10.1. The summed E-state index contributed by atoms with van der Waals surface area (Å²) in [4.78, 5) is 7.55. The van der Waals surface area contributed by atoms with Gasteiger partial charge in [-0.1, -0.05) is 12.2 Å². The molecule has 1 heterocycles. The van der Waals surface area contributed by atoms with Crippen molar-refractivity contribution >= 4 is 12.2 Å². The van der Waals surface area contributed by atoms with E-state index in [0.29, 0.717) is 15.9 Å². The minimum absolute atomic E-state index is 0.215. The molecular formula is C13H13FN2S. The van der Waals surface area contributed by atoms with Crippen molar-refractivity contribution in [1.82, 2.24) is 9.97 Å². The Bertz CT molecular complexity index is 632. The van der Waals surface area contributed by atoms with Crippen LogP contribution in [0.25, 0.3) is 11.3 Å². The first kappa shape index (κ1) is 11.9. The summed E-state index contributed by atoms with van der Waals surface area (Å²) < 4.78 is 13.8. The predicted octanol–water partition coefficient (Wildman–Crippen LogP) is 3.87. The molecular weight excluding hydrogens is 235 g/mol. The highest BCUT2D eigenvalue weighted by Gasteiger charge is 2.07. The van der Waals surface area contributed by atoms with E-state index in [-0.39, 0.29) is 5.82 Å². The van der Waals surface area contributed by atoms with E-state index < -0.39 is 0 Å². The first-order valence-corrected chi connectivity index (χ1v) is 5.74. The molecule has 0 unspecified atom stereocenters. The molecule has 88 valence electrons. The van der Waals surface area contributed by atoms with Gasteiger partial charge in [-0.2, -0.15) is 0 Å². The number of halogens is 1. The Morgan fingerprint density at radius 2 is 1.94 bits per heavy atom. The second-order valence-corrected chi connectivity index (χ2v) is 4.50. The van der Waals surface area contributed by atoms with Crippen LogP contribution in [0.4, 0.5) is 4.39 Å². The minimum atomic E-state index is -0.215. The smallest absolute Gasteiger partial charge is 0.130 e. The number of H-pyrrole nitrogens is 1. The van der Waals surface area contributed by atoms with Gasteiger partial charge in [0, 0.05) is 11.3 Å². The Labute approximate surface area is 105 Å². The maximum Gasteiger partial charge on any atom is 0.130 e. The summed E-state index contributed by atoms with van der Waals surface area (Å²) in [5.74, 6) is -0.215. The molecule has 0 fully saturated rings. The van der Waals surface area contributed by atoms with E-state index in [9.17, 15) is 4.39 Å². The van der Waals surface area contributed by atoms with Crippen molar-refractivity contribution < 1.29 is 4.39 Å². The Balaban J connectivity index is 2.64. The molecule has 0 aliphatic rings. The first-order chi connectivity index (χ1) is 7.99. The van der Waals surface area contributed by atoms with Crippen molar-refractivity contribution in [2.45, 2.75) is 20.8 Å². The molecule has 17 heavy (non-hydrogen) atoms. The van der Waals surface area contributed by atoms with Crippen LogP contribution in [0.2, 0.25) is 0 Å². The van der Waals surface area contributed by atoms with Crippen LogP contribution in [0.1, 0.15) is 17.0 Å². The molecule has 2 aromatic rings. The summed E-state index contributed by atoms with van der Waals surface area (Å²) >= 11 is 5.25. The summed E-state index contributed by atoms with van der Waals surface area (Å²) in [5.41, 5.74) is 3.99. The van der Waals surface area contributed by atoms with Crippen molar-refractivity contribution in [3.63, 3.8) is 0 Å². The maximum atomic E-state index is 13.2. The van der Waals surface area contributed by atoms with Crippen molar-refractivity contribution in [2.75, 3.05) is 0 Å². The molecule has 0 aliphatic heterocycles. The van der Waals surface area contributed by atoms with E-state index in [1.165, 1.54) is 6.07 Å². The van der Waals surface area contributed by atoms with Gasteiger partial charge in [0.05, 0.1) is 5.69 Å². The zero-order chi connectivity index (χ0) is 12.6. The minimum Gasteiger partial charge on any atom is -0.347 e. The van der Waals surface area contributed by atoms with Crippen molar-refractivity contribution in [3.8, 4) is 11.3 Å². The zero-order valence-electron chi connectivity index (χ0n) is 9.97. The van der Waals surface area contributed by atoms with E-state index in [1.54, 1.807) is 19.1 Å². The third kappa shape index (κ3) is 2.26. The molecule has 4 heteroatoms. The number of hydrogen-bond acceptors (Lipinski definition) is 2. The van der Waals surface area contributed by atoms with Crippen LogP contribution in [-0.4, -0.2) is 9.97 Å². The standard InChI is InChI=1S/C13H13FN2S/c1-7-6-10(4-5-11(7)14)12-13(17)16-9(3)8(2)15-12/h4-6H,1-3H3,(H,16,17). The number of benzene rings is 1. The van der Waals surface area contributed by atoms with E-state index in [2.05, 4.69) is 9.97 Å². The van der Waals surface area contributed by atoms with Gasteiger partial charge in [-0.15, -0.1) is 0 Å². The lowest BCUT2D eigenvalue weighted by Gasteiger charge is -2.06. The summed E-state index contributed by atoms with van der Waals surface area (Å²) in [7, 11) is 0. The molecule has 0 aliphatic carbocycles. The Kier molecular flexibility index (Phi) is 3.07. The predicted molar refractivity (Wildman–Crippen MR) is 69.0 cm³/mol. The van der Waals surface area contributed by atoms with Crippen LogP contribution in [0.15, 0.2) is 18.2 Å². The fourth-order valence-corrected chi connectivity index (χ4v) is 1.93. The van der Waals surface area contributed by atoms with Gasteiger partial charge in [-0.3, -0.25) is 0 Å². The van der Waals surface area contributed by atoms with Crippen LogP contribution in [-0.2, 0) is 0 Å². The number of aryl methyl sites for hydroxylation is 3. The number of nitrogens with zero attached hydrogens (tertiary/aromatic N) is 1. The van der Waals surface area contributed by atoms with Crippen molar-refractivity contribution in [1.29, 1.82) is 0 Å². The Morgan fingerprint density at radius 1 is 1.24 bits per heavy atom. The van der Waals surface area contributed by atoms with Crippen molar-refractivity contribution in [3.05, 3.63) is 45.6 Å². The average molecular weight is 248 g/mol. The highest BCUT2D eigenvalue weighted by Crippen LogP contribution is 2.21. The lowest BCUT2D eigenvalue weighted by molar-refractivity contribution is 0.618. The average Bonchev–Trinajstić information content (AvgIpc) is 2.27. The summed E-state index contributed by atoms with van der Waals surface area (Å²) in [5, 5.41) is 0. The lowest BCUT2D eigenvalue weighted by Crippen LogP contribution is -1.96. The molecule has 0 saturated carbocycles. The molecule has 0 radical (unpaired) electrons. The molecule has 0 bridgehead atoms. The van der Waals surface area contributed by atoms with Crippen LogP contribution in [0.5, 0.6) is 0 Å². The van der Waals surface area contributed by atoms with E-state index in [1.807, 2.05) is 13.8 Å². The molecule has 0 spiro atoms. The number of rotatable bonds is 1. The van der Waals surface area contributed by atoms with Gasteiger partial charge < -0.3 is 4.98 Å². The van der Waals surface area contributed by atoms with Gasteiger partial charge >= 0.3 is 0 Å². The Hall–Kier alpha value is -1.55. The van der Waals surface area contributed by atoms with Gasteiger partial charge in [-0.25, -0.2) is 9.37 Å². The van der Waals surface area contributed by atoms with E-state index in [4.69, 9.17) is 12.2 Å². The largest absolute Gasteiger partial charge is 0.347 e. The van der Waals surface area contributed by atoms with Gasteiger partial charge in [-0.05, 0) is 44.5 Å². The maximum absolute atomic E-state index is 13.2. The third-order valence-corrected chi connectivity index (χ3v) is 3.07. The van der Waals surface area contributed by atoms with E-state index >= 15 is 0 Å². The first-order valence-electron chi connectivity index (χ1n) is 5.33. The third-order valence-electron chi connectivity index (χ3n) is 2.77. The molecule has 0 amide bonds. The fourth-order valence-electron chi connectivity index (χ4n) is 1.61. The molecule has 1 N–H and O–H groups in total. The summed E-state index contributed by atoms with van der Waals surface area (Å²) in [6, 6.07) is 4.90. The highest BCUT2D eigenvalue weighted by atomic mass is 32.1. The molecule has 1 aromatic heterocycles. The van der Waals surface area contributed by atoms with Gasteiger partial charge in [0.25, 0.3) is 0 Å². The molecule has 1 aromatic carbocycles.